The maximum Gasteiger partial charge on any atom is 0.0540 e. The third-order valence-electron chi connectivity index (χ3n) is 9.53. The first kappa shape index (κ1) is 29.5. The highest BCUT2D eigenvalue weighted by Gasteiger charge is 2.17. The molecule has 0 radical (unpaired) electrons. The van der Waals surface area contributed by atoms with Crippen LogP contribution >= 0.6 is 0 Å². The van der Waals surface area contributed by atoms with Gasteiger partial charge in [0.25, 0.3) is 0 Å². The quantitative estimate of drug-likeness (QED) is 0.156. The van der Waals surface area contributed by atoms with Gasteiger partial charge < -0.3 is 4.90 Å². The predicted octanol–water partition coefficient (Wildman–Crippen LogP) is 12.9. The van der Waals surface area contributed by atoms with Gasteiger partial charge in [-0.3, -0.25) is 0 Å². The number of benzene rings is 8. The molecule has 0 amide bonds. The number of nitrogens with zero attached hydrogens (tertiary/aromatic N) is 1. The fourth-order valence-corrected chi connectivity index (χ4v) is 7.02. The van der Waals surface area contributed by atoms with E-state index in [0.29, 0.717) is 5.92 Å². The van der Waals surface area contributed by atoms with Gasteiger partial charge in [-0.05, 0) is 87.1 Å². The molecule has 1 heteroatoms. The van der Waals surface area contributed by atoms with Crippen molar-refractivity contribution < 1.29 is 0 Å². The van der Waals surface area contributed by atoms with Crippen molar-refractivity contribution in [1.29, 1.82) is 0 Å². The van der Waals surface area contributed by atoms with E-state index in [-0.39, 0.29) is 0 Å². The lowest BCUT2D eigenvalue weighted by atomic mass is 9.85. The maximum atomic E-state index is 2.37. The third-order valence-corrected chi connectivity index (χ3v) is 9.53. The zero-order chi connectivity index (χ0) is 32.1. The molecule has 8 rings (SSSR count). The second-order valence-corrected chi connectivity index (χ2v) is 12.5. The fraction of sp³-hybridized carbons (Fsp3) is 0.0638. The molecule has 0 heterocycles. The second-order valence-electron chi connectivity index (χ2n) is 12.5. The van der Waals surface area contributed by atoms with Crippen LogP contribution in [0.4, 0.5) is 17.1 Å². The van der Waals surface area contributed by atoms with Crippen molar-refractivity contribution in [3.05, 3.63) is 211 Å². The van der Waals surface area contributed by atoms with Crippen molar-refractivity contribution in [3.8, 4) is 11.1 Å². The third kappa shape index (κ3) is 6.11. The van der Waals surface area contributed by atoms with Gasteiger partial charge in [0.05, 0.1) is 5.69 Å². The molecule has 8 aromatic carbocycles. The molecule has 48 heavy (non-hydrogen) atoms. The minimum atomic E-state index is 0.345. The zero-order valence-electron chi connectivity index (χ0n) is 26.9. The summed E-state index contributed by atoms with van der Waals surface area (Å²) in [7, 11) is 0. The minimum absolute atomic E-state index is 0.345. The first-order valence-electron chi connectivity index (χ1n) is 16.9. The van der Waals surface area contributed by atoms with E-state index in [0.717, 1.165) is 24.2 Å². The Bertz CT molecular complexity index is 2270. The number of fused-ring (bicyclic) bond motifs is 2. The zero-order valence-corrected chi connectivity index (χ0v) is 26.9. The number of hydrogen-bond acceptors (Lipinski definition) is 1. The monoisotopic (exact) mass is 615 g/mol. The van der Waals surface area contributed by atoms with Crippen LogP contribution in [0.5, 0.6) is 0 Å². The van der Waals surface area contributed by atoms with Crippen molar-refractivity contribution in [3.63, 3.8) is 0 Å². The van der Waals surface area contributed by atoms with Crippen molar-refractivity contribution in [2.45, 2.75) is 18.8 Å². The first-order valence-corrected chi connectivity index (χ1v) is 16.9. The van der Waals surface area contributed by atoms with E-state index in [1.165, 1.54) is 55.0 Å². The van der Waals surface area contributed by atoms with Gasteiger partial charge in [-0.15, -0.1) is 0 Å². The molecular weight excluding hydrogens is 579 g/mol. The molecule has 230 valence electrons. The number of aryl methyl sites for hydroxylation is 1. The van der Waals surface area contributed by atoms with Gasteiger partial charge in [0.1, 0.15) is 0 Å². The van der Waals surface area contributed by atoms with Crippen molar-refractivity contribution >= 4 is 38.6 Å². The highest BCUT2D eigenvalue weighted by molar-refractivity contribution is 5.99. The second kappa shape index (κ2) is 13.4. The van der Waals surface area contributed by atoms with E-state index >= 15 is 0 Å². The molecule has 1 atom stereocenters. The summed E-state index contributed by atoms with van der Waals surface area (Å²) in [6, 6.07) is 70.5. The lowest BCUT2D eigenvalue weighted by molar-refractivity contribution is 0.716. The summed E-state index contributed by atoms with van der Waals surface area (Å²) in [5.74, 6) is 0.345. The van der Waals surface area contributed by atoms with Crippen LogP contribution in [0, 0.1) is 0 Å². The van der Waals surface area contributed by atoms with Gasteiger partial charge in [0.15, 0.2) is 0 Å². The summed E-state index contributed by atoms with van der Waals surface area (Å²) in [6.07, 6.45) is 2.07. The van der Waals surface area contributed by atoms with Gasteiger partial charge in [0, 0.05) is 22.7 Å². The van der Waals surface area contributed by atoms with E-state index in [2.05, 4.69) is 199 Å². The molecule has 1 nitrogen and oxygen atoms in total. The Kier molecular flexibility index (Phi) is 8.25. The molecule has 0 aliphatic heterocycles. The molecule has 0 N–H and O–H groups in total. The Labute approximate surface area is 283 Å². The Morgan fingerprint density at radius 3 is 1.73 bits per heavy atom. The van der Waals surface area contributed by atoms with E-state index in [4.69, 9.17) is 0 Å². The molecule has 1 unspecified atom stereocenters. The molecule has 0 aromatic heterocycles. The van der Waals surface area contributed by atoms with E-state index < -0.39 is 0 Å². The van der Waals surface area contributed by atoms with Crippen LogP contribution < -0.4 is 4.90 Å². The van der Waals surface area contributed by atoms with Gasteiger partial charge in [-0.25, -0.2) is 0 Å². The topological polar surface area (TPSA) is 3.24 Å². The normalized spacial score (nSPS) is 11.8. The van der Waals surface area contributed by atoms with Gasteiger partial charge in [-0.1, -0.05) is 164 Å². The minimum Gasteiger partial charge on any atom is -0.310 e. The van der Waals surface area contributed by atoms with Crippen LogP contribution in [-0.2, 0) is 6.42 Å². The van der Waals surface area contributed by atoms with Crippen LogP contribution in [0.1, 0.15) is 29.0 Å². The van der Waals surface area contributed by atoms with Gasteiger partial charge in [-0.2, -0.15) is 0 Å². The highest BCUT2D eigenvalue weighted by atomic mass is 15.1. The summed E-state index contributed by atoms with van der Waals surface area (Å²) in [6.45, 7) is 0. The van der Waals surface area contributed by atoms with E-state index in [1.807, 2.05) is 0 Å². The van der Waals surface area contributed by atoms with Gasteiger partial charge in [0.2, 0.25) is 0 Å². The van der Waals surface area contributed by atoms with Gasteiger partial charge >= 0.3 is 0 Å². The molecular formula is C47H37N. The van der Waals surface area contributed by atoms with E-state index in [1.54, 1.807) is 0 Å². The SMILES string of the molecule is c1ccc(C(CCc2ccc(-c3ccc(N(c4ccccc4)c4cccc5ccccc45)cc3)cc2)c2ccc3ccccc3c2)cc1. The van der Waals surface area contributed by atoms with Crippen LogP contribution in [0.25, 0.3) is 32.7 Å². The molecule has 0 aliphatic carbocycles. The standard InChI is InChI=1S/C47H37N/c1-3-13-39(14-4-1)45(42-28-27-36-12-7-8-16-41(36)34-42)33-24-35-22-25-37(26-23-35)38-29-31-44(32-30-38)48(43-18-5-2-6-19-43)47-21-11-17-40-15-9-10-20-46(40)47/h1-23,25-32,34,45H,24,33H2. The van der Waals surface area contributed by atoms with E-state index in [9.17, 15) is 0 Å². The number of para-hydroxylation sites is 1. The number of anilines is 3. The average Bonchev–Trinajstić information content (AvgIpc) is 3.16. The number of hydrogen-bond donors (Lipinski definition) is 0. The lowest BCUT2D eigenvalue weighted by Gasteiger charge is -2.27. The van der Waals surface area contributed by atoms with Crippen molar-refractivity contribution in [1.82, 2.24) is 0 Å². The van der Waals surface area contributed by atoms with Crippen LogP contribution in [0.2, 0.25) is 0 Å². The Morgan fingerprint density at radius 2 is 0.979 bits per heavy atom. The molecule has 0 saturated carbocycles. The predicted molar refractivity (Wildman–Crippen MR) is 205 cm³/mol. The summed E-state index contributed by atoms with van der Waals surface area (Å²) >= 11 is 0. The summed E-state index contributed by atoms with van der Waals surface area (Å²) < 4.78 is 0. The Hall–Kier alpha value is -5.92. The first-order chi connectivity index (χ1) is 23.8. The smallest absolute Gasteiger partial charge is 0.0540 e. The molecule has 0 aliphatic rings. The lowest BCUT2D eigenvalue weighted by Crippen LogP contribution is -2.10. The summed E-state index contributed by atoms with van der Waals surface area (Å²) in [4.78, 5) is 2.36. The van der Waals surface area contributed by atoms with Crippen LogP contribution in [0.15, 0.2) is 194 Å². The summed E-state index contributed by atoms with van der Waals surface area (Å²) in [5.41, 5.74) is 10.0. The van der Waals surface area contributed by atoms with Crippen molar-refractivity contribution in [2.75, 3.05) is 4.90 Å². The highest BCUT2D eigenvalue weighted by Crippen LogP contribution is 2.39. The Morgan fingerprint density at radius 1 is 0.396 bits per heavy atom. The Balaban J connectivity index is 1.04. The summed E-state index contributed by atoms with van der Waals surface area (Å²) in [5, 5.41) is 5.06. The molecule has 8 aromatic rings. The van der Waals surface area contributed by atoms with Crippen molar-refractivity contribution in [2.24, 2.45) is 0 Å². The number of rotatable bonds is 9. The largest absolute Gasteiger partial charge is 0.310 e. The van der Waals surface area contributed by atoms with Crippen LogP contribution in [-0.4, -0.2) is 0 Å². The average molecular weight is 616 g/mol. The fourth-order valence-electron chi connectivity index (χ4n) is 7.02. The van der Waals surface area contributed by atoms with Crippen LogP contribution in [0.3, 0.4) is 0 Å². The molecule has 0 spiro atoms. The molecule has 0 fully saturated rings. The molecule has 0 saturated heterocycles. The maximum absolute atomic E-state index is 2.37. The molecule has 0 bridgehead atoms.